The van der Waals surface area contributed by atoms with Gasteiger partial charge in [-0.3, -0.25) is 4.99 Å². The minimum Gasteiger partial charge on any atom is -0.466 e. The minimum atomic E-state index is -4.20. The second-order valence-electron chi connectivity index (χ2n) is 10.2. The summed E-state index contributed by atoms with van der Waals surface area (Å²) in [6.07, 6.45) is 0.937. The number of esters is 1. The van der Waals surface area contributed by atoms with Crippen molar-refractivity contribution in [1.82, 2.24) is 19.3 Å². The van der Waals surface area contributed by atoms with Gasteiger partial charge in [0.1, 0.15) is 11.6 Å². The zero-order valence-corrected chi connectivity index (χ0v) is 24.9. The maximum Gasteiger partial charge on any atom is 0.422 e. The lowest BCUT2D eigenvalue weighted by molar-refractivity contribution is -0.136. The lowest BCUT2D eigenvalue weighted by atomic mass is 9.86. The van der Waals surface area contributed by atoms with Gasteiger partial charge in [-0.15, -0.1) is 11.3 Å². The maximum absolute atomic E-state index is 14.5. The van der Waals surface area contributed by atoms with Crippen LogP contribution in [-0.4, -0.2) is 61.4 Å². The molecule has 1 aromatic carbocycles. The number of aromatic nitrogens is 1. The normalized spacial score (nSPS) is 18.9. The van der Waals surface area contributed by atoms with Gasteiger partial charge in [0, 0.05) is 41.8 Å². The number of aliphatic imine (C=N–C) groups is 1. The second kappa shape index (κ2) is 12.0. The molecular weight excluding hydrogens is 604 g/mol. The summed E-state index contributed by atoms with van der Waals surface area (Å²) in [5.41, 5.74) is -0.450. The number of nitrogens with zero attached hydrogens (tertiary/aromatic N) is 3. The van der Waals surface area contributed by atoms with E-state index in [1.165, 1.54) is 24.5 Å². The van der Waals surface area contributed by atoms with Gasteiger partial charge in [0.2, 0.25) is 0 Å². The third-order valence-electron chi connectivity index (χ3n) is 6.29. The molecule has 1 saturated heterocycles. The molecular formula is C25H28ClF2N5O6S2. The van der Waals surface area contributed by atoms with Crippen LogP contribution in [0.1, 0.15) is 50.2 Å². The van der Waals surface area contributed by atoms with Gasteiger partial charge in [0.05, 0.1) is 17.7 Å². The van der Waals surface area contributed by atoms with E-state index < -0.39 is 56.5 Å². The highest BCUT2D eigenvalue weighted by molar-refractivity contribution is 7.87. The van der Waals surface area contributed by atoms with Gasteiger partial charge in [-0.2, -0.15) is 12.7 Å². The smallest absolute Gasteiger partial charge is 0.422 e. The maximum atomic E-state index is 14.5. The lowest BCUT2D eigenvalue weighted by Gasteiger charge is -2.36. The molecule has 1 aromatic heterocycles. The summed E-state index contributed by atoms with van der Waals surface area (Å²) < 4.78 is 67.2. The number of amidine groups is 1. The molecule has 222 valence electrons. The van der Waals surface area contributed by atoms with Gasteiger partial charge in [0.25, 0.3) is 0 Å². The summed E-state index contributed by atoms with van der Waals surface area (Å²) in [5.74, 6) is -3.35. The van der Waals surface area contributed by atoms with Crippen molar-refractivity contribution in [3.05, 3.63) is 62.2 Å². The average Bonchev–Trinajstić information content (AvgIpc) is 3.45. The molecule has 4 rings (SSSR count). The Morgan fingerprint density at radius 2 is 1.90 bits per heavy atom. The molecule has 3 heterocycles. The summed E-state index contributed by atoms with van der Waals surface area (Å²) >= 11 is 7.46. The van der Waals surface area contributed by atoms with E-state index in [1.54, 1.807) is 32.3 Å². The Labute approximate surface area is 244 Å². The quantitative estimate of drug-likeness (QED) is 0.359. The van der Waals surface area contributed by atoms with E-state index in [1.807, 2.05) is 4.72 Å². The monoisotopic (exact) mass is 631 g/mol. The Kier molecular flexibility index (Phi) is 9.01. The molecule has 0 spiro atoms. The van der Waals surface area contributed by atoms with Gasteiger partial charge >= 0.3 is 22.3 Å². The van der Waals surface area contributed by atoms with Gasteiger partial charge in [-0.05, 0) is 39.7 Å². The van der Waals surface area contributed by atoms with Gasteiger partial charge in [0.15, 0.2) is 22.5 Å². The summed E-state index contributed by atoms with van der Waals surface area (Å²) in [4.78, 5) is 34.1. The van der Waals surface area contributed by atoms with Crippen molar-refractivity contribution in [3.63, 3.8) is 0 Å². The van der Waals surface area contributed by atoms with Crippen molar-refractivity contribution in [2.24, 2.45) is 10.9 Å². The molecule has 1 amide bonds. The van der Waals surface area contributed by atoms with Crippen LogP contribution in [0, 0.1) is 17.6 Å². The molecule has 2 aromatic rings. The molecule has 11 nitrogen and oxygen atoms in total. The highest BCUT2D eigenvalue weighted by Gasteiger charge is 2.39. The number of allylic oxidation sites excluding steroid dienone is 1. The molecule has 0 saturated carbocycles. The van der Waals surface area contributed by atoms with Gasteiger partial charge in [-0.1, -0.05) is 17.7 Å². The molecule has 0 aliphatic carbocycles. The number of thiazole rings is 1. The molecule has 2 N–H and O–H groups in total. The molecule has 16 heteroatoms. The molecule has 2 aliphatic rings. The number of benzene rings is 1. The standard InChI is InChI=1S/C25H28ClF2N5O6S2/c1-25(2,3)39-24(35)32-41(36,37)33-10-7-13(8-11-33)19-16(23(34)38-4)20(14-5-6-15(27)18(28)17(14)26)31-21(30-19)22-29-9-12-40-22/h5-6,9,12-13,20H,7-8,10-11H2,1-4H3,(H,30,31)(H,32,35). The molecule has 2 aliphatic heterocycles. The Hall–Kier alpha value is -3.14. The van der Waals surface area contributed by atoms with Crippen LogP contribution in [0.4, 0.5) is 13.6 Å². The molecule has 1 atom stereocenters. The number of amides is 1. The fourth-order valence-electron chi connectivity index (χ4n) is 4.50. The van der Waals surface area contributed by atoms with E-state index >= 15 is 0 Å². The van der Waals surface area contributed by atoms with Crippen LogP contribution in [-0.2, 0) is 24.5 Å². The zero-order valence-electron chi connectivity index (χ0n) is 22.5. The Balaban J connectivity index is 1.68. The summed E-state index contributed by atoms with van der Waals surface area (Å²) in [5, 5.41) is 4.81. The van der Waals surface area contributed by atoms with E-state index in [9.17, 15) is 26.8 Å². The number of carbonyl (C=O) groups is 2. The van der Waals surface area contributed by atoms with Crippen molar-refractivity contribution >= 4 is 51.0 Å². The van der Waals surface area contributed by atoms with E-state index in [-0.39, 0.29) is 42.9 Å². The largest absolute Gasteiger partial charge is 0.466 e. The van der Waals surface area contributed by atoms with Crippen molar-refractivity contribution in [2.45, 2.75) is 45.3 Å². The highest BCUT2D eigenvalue weighted by atomic mass is 35.5. The first kappa shape index (κ1) is 30.8. The molecule has 0 bridgehead atoms. The van der Waals surface area contributed by atoms with E-state index in [0.29, 0.717) is 10.7 Å². The van der Waals surface area contributed by atoms with Crippen molar-refractivity contribution in [3.8, 4) is 0 Å². The van der Waals surface area contributed by atoms with Crippen LogP contribution >= 0.6 is 22.9 Å². The molecule has 1 unspecified atom stereocenters. The van der Waals surface area contributed by atoms with Crippen LogP contribution in [0.15, 0.2) is 40.0 Å². The van der Waals surface area contributed by atoms with Crippen molar-refractivity contribution < 1.29 is 36.3 Å². The first-order valence-electron chi connectivity index (χ1n) is 12.4. The predicted octanol–water partition coefficient (Wildman–Crippen LogP) is 4.07. The Bertz CT molecular complexity index is 1500. The van der Waals surface area contributed by atoms with E-state index in [4.69, 9.17) is 21.1 Å². The Morgan fingerprint density at radius 1 is 1.22 bits per heavy atom. The number of nitrogens with one attached hydrogen (secondary N) is 2. The number of hydrogen-bond donors (Lipinski definition) is 2. The number of carbonyl (C=O) groups excluding carboxylic acids is 2. The molecule has 1 fully saturated rings. The number of hydrogen-bond acceptors (Lipinski definition) is 10. The topological polar surface area (TPSA) is 139 Å². The lowest BCUT2D eigenvalue weighted by Crippen LogP contribution is -2.49. The van der Waals surface area contributed by atoms with Gasteiger partial charge in [-0.25, -0.2) is 28.1 Å². The third kappa shape index (κ3) is 6.85. The number of piperidine rings is 1. The number of rotatable bonds is 6. The van der Waals surface area contributed by atoms with Crippen LogP contribution in [0.3, 0.4) is 0 Å². The number of methoxy groups -OCH3 is 1. The van der Waals surface area contributed by atoms with Crippen LogP contribution < -0.4 is 10.0 Å². The zero-order chi connectivity index (χ0) is 30.1. The van der Waals surface area contributed by atoms with Crippen LogP contribution in [0.25, 0.3) is 0 Å². The fourth-order valence-corrected chi connectivity index (χ4v) is 6.42. The van der Waals surface area contributed by atoms with Crippen molar-refractivity contribution in [2.75, 3.05) is 20.2 Å². The van der Waals surface area contributed by atoms with Gasteiger partial charge < -0.3 is 14.8 Å². The van der Waals surface area contributed by atoms with Crippen molar-refractivity contribution in [1.29, 1.82) is 0 Å². The summed E-state index contributed by atoms with van der Waals surface area (Å²) in [6.45, 7) is 4.83. The number of halogens is 3. The van der Waals surface area contributed by atoms with E-state index in [0.717, 1.165) is 10.4 Å². The van der Waals surface area contributed by atoms with Crippen LogP contribution in [0.5, 0.6) is 0 Å². The number of ether oxygens (including phenoxy) is 2. The highest BCUT2D eigenvalue weighted by Crippen LogP contribution is 2.41. The minimum absolute atomic E-state index is 0.00274. The molecule has 41 heavy (non-hydrogen) atoms. The second-order valence-corrected chi connectivity index (χ2v) is 13.2. The third-order valence-corrected chi connectivity index (χ3v) is 8.92. The summed E-state index contributed by atoms with van der Waals surface area (Å²) in [7, 11) is -3.03. The summed E-state index contributed by atoms with van der Waals surface area (Å²) in [6, 6.07) is 0.973. The first-order valence-corrected chi connectivity index (χ1v) is 15.1. The SMILES string of the molecule is COC(=O)C1=C(C2CCN(S(=O)(=O)NC(=O)OC(C)(C)C)CC2)NC(c2nccs2)=NC1c1ccc(F)c(F)c1Cl. The Morgan fingerprint density at radius 3 is 2.49 bits per heavy atom. The average molecular weight is 632 g/mol. The molecule has 0 radical (unpaired) electrons. The van der Waals surface area contributed by atoms with E-state index in [2.05, 4.69) is 15.3 Å². The predicted molar refractivity (Wildman–Crippen MR) is 148 cm³/mol. The first-order chi connectivity index (χ1) is 19.2. The fraction of sp³-hybridized carbons (Fsp3) is 0.440. The van der Waals surface area contributed by atoms with Crippen LogP contribution in [0.2, 0.25) is 5.02 Å².